The molecule has 17 heavy (non-hydrogen) atoms. The Morgan fingerprint density at radius 1 is 1.24 bits per heavy atom. The van der Waals surface area contributed by atoms with Crippen LogP contribution in [-0.2, 0) is 33.2 Å². The molecule has 7 nitrogen and oxygen atoms in total. The normalized spacial score (nSPS) is 41.0. The van der Waals surface area contributed by atoms with Gasteiger partial charge in [-0.25, -0.2) is 0 Å². The molecule has 0 bridgehead atoms. The molecular formula is C10H16O7. The summed E-state index contributed by atoms with van der Waals surface area (Å²) in [6.45, 7) is 0.864. The predicted molar refractivity (Wildman–Crippen MR) is 52.8 cm³/mol. The van der Waals surface area contributed by atoms with Gasteiger partial charge < -0.3 is 28.4 Å². The highest BCUT2D eigenvalue weighted by Gasteiger charge is 2.50. The van der Waals surface area contributed by atoms with Gasteiger partial charge in [-0.1, -0.05) is 0 Å². The molecule has 2 aliphatic rings. The number of hydrogen-bond donors (Lipinski definition) is 0. The van der Waals surface area contributed by atoms with Crippen molar-refractivity contribution in [1.82, 2.24) is 0 Å². The Labute approximate surface area is 98.9 Å². The van der Waals surface area contributed by atoms with E-state index in [1.807, 2.05) is 0 Å². The molecule has 0 aromatic carbocycles. The van der Waals surface area contributed by atoms with Crippen LogP contribution in [0.1, 0.15) is 6.92 Å². The lowest BCUT2D eigenvalue weighted by atomic mass is 10.1. The van der Waals surface area contributed by atoms with E-state index in [2.05, 4.69) is 0 Å². The number of rotatable bonds is 3. The van der Waals surface area contributed by atoms with Gasteiger partial charge in [0.05, 0.1) is 6.61 Å². The van der Waals surface area contributed by atoms with Crippen LogP contribution in [-0.4, -0.2) is 57.9 Å². The van der Waals surface area contributed by atoms with Crippen molar-refractivity contribution in [3.05, 3.63) is 0 Å². The molecule has 7 heteroatoms. The second-order valence-corrected chi connectivity index (χ2v) is 3.81. The third kappa shape index (κ3) is 2.58. The first kappa shape index (κ1) is 12.7. The van der Waals surface area contributed by atoms with E-state index >= 15 is 0 Å². The number of hydrogen-bond acceptors (Lipinski definition) is 7. The first-order valence-electron chi connectivity index (χ1n) is 5.31. The fourth-order valence-electron chi connectivity index (χ4n) is 1.96. The number of ether oxygens (including phenoxy) is 6. The van der Waals surface area contributed by atoms with Gasteiger partial charge in [-0.15, -0.1) is 0 Å². The lowest BCUT2D eigenvalue weighted by Crippen LogP contribution is -2.53. The molecular weight excluding hydrogens is 232 g/mol. The summed E-state index contributed by atoms with van der Waals surface area (Å²) >= 11 is 0. The Balaban J connectivity index is 2.08. The van der Waals surface area contributed by atoms with Crippen molar-refractivity contribution in [3.63, 3.8) is 0 Å². The zero-order valence-electron chi connectivity index (χ0n) is 9.95. The average Bonchev–Trinajstić information content (AvgIpc) is 2.72. The number of methoxy groups -OCH3 is 2. The second-order valence-electron chi connectivity index (χ2n) is 3.81. The van der Waals surface area contributed by atoms with E-state index in [4.69, 9.17) is 28.4 Å². The lowest BCUT2D eigenvalue weighted by Gasteiger charge is -2.35. The number of fused-ring (bicyclic) bond motifs is 1. The van der Waals surface area contributed by atoms with Crippen molar-refractivity contribution in [3.8, 4) is 0 Å². The molecule has 98 valence electrons. The van der Waals surface area contributed by atoms with E-state index in [-0.39, 0.29) is 6.10 Å². The van der Waals surface area contributed by atoms with Gasteiger partial charge in [0.2, 0.25) is 0 Å². The third-order valence-corrected chi connectivity index (χ3v) is 2.66. The van der Waals surface area contributed by atoms with Crippen molar-refractivity contribution in [1.29, 1.82) is 0 Å². The van der Waals surface area contributed by atoms with Crippen molar-refractivity contribution in [2.75, 3.05) is 20.8 Å². The number of esters is 1. The van der Waals surface area contributed by atoms with E-state index in [0.717, 1.165) is 0 Å². The first-order chi connectivity index (χ1) is 8.15. The van der Waals surface area contributed by atoms with Crippen molar-refractivity contribution >= 4 is 5.97 Å². The predicted octanol–water partition coefficient (Wildman–Crippen LogP) is -0.365. The standard InChI is InChI=1S/C10H16O7/c1-5(11)15-8-7-6(4-14-9(8)12-2)16-10(13-3)17-7/h6-10H,4H2,1-3H3/t6-,7-,8+,9-,10?/m0/s1. The molecule has 2 fully saturated rings. The largest absolute Gasteiger partial charge is 0.454 e. The molecule has 5 atom stereocenters. The molecule has 2 saturated heterocycles. The first-order valence-corrected chi connectivity index (χ1v) is 5.31. The minimum absolute atomic E-state index is 0.306. The number of carbonyl (C=O) groups is 1. The van der Waals surface area contributed by atoms with Gasteiger partial charge in [-0.05, 0) is 0 Å². The Bertz CT molecular complexity index is 282. The summed E-state index contributed by atoms with van der Waals surface area (Å²) in [6, 6.07) is 0. The van der Waals surface area contributed by atoms with Crippen LogP contribution in [0.4, 0.5) is 0 Å². The maximum absolute atomic E-state index is 11.1. The Hall–Kier alpha value is -0.730. The Morgan fingerprint density at radius 3 is 2.59 bits per heavy atom. The summed E-state index contributed by atoms with van der Waals surface area (Å²) in [4.78, 5) is 11.1. The van der Waals surface area contributed by atoms with E-state index in [1.165, 1.54) is 21.1 Å². The SMILES string of the molecule is COC1O[C@@H]2[C@@H](OC(C)=O)[C@@H](OC)OC[C@@H]2O1. The molecule has 2 heterocycles. The van der Waals surface area contributed by atoms with Crippen molar-refractivity contribution in [2.45, 2.75) is 38.0 Å². The van der Waals surface area contributed by atoms with Gasteiger partial charge >= 0.3 is 5.97 Å². The summed E-state index contributed by atoms with van der Waals surface area (Å²) in [5.74, 6) is -0.425. The van der Waals surface area contributed by atoms with Gasteiger partial charge in [-0.3, -0.25) is 4.79 Å². The lowest BCUT2D eigenvalue weighted by molar-refractivity contribution is -0.253. The molecule has 0 amide bonds. The zero-order valence-corrected chi connectivity index (χ0v) is 9.95. The van der Waals surface area contributed by atoms with Crippen LogP contribution in [0.5, 0.6) is 0 Å². The van der Waals surface area contributed by atoms with Crippen LogP contribution in [0.3, 0.4) is 0 Å². The van der Waals surface area contributed by atoms with Gasteiger partial charge in [0.1, 0.15) is 12.2 Å². The monoisotopic (exact) mass is 248 g/mol. The van der Waals surface area contributed by atoms with Crippen LogP contribution >= 0.6 is 0 Å². The zero-order chi connectivity index (χ0) is 12.4. The second kappa shape index (κ2) is 5.28. The fourth-order valence-corrected chi connectivity index (χ4v) is 1.96. The third-order valence-electron chi connectivity index (χ3n) is 2.66. The van der Waals surface area contributed by atoms with Gasteiger partial charge in [0.15, 0.2) is 12.4 Å². The van der Waals surface area contributed by atoms with Crippen molar-refractivity contribution < 1.29 is 33.2 Å². The smallest absolute Gasteiger partial charge is 0.303 e. The van der Waals surface area contributed by atoms with Crippen LogP contribution < -0.4 is 0 Å². The molecule has 0 spiro atoms. The highest BCUT2D eigenvalue weighted by Crippen LogP contribution is 2.31. The van der Waals surface area contributed by atoms with E-state index in [0.29, 0.717) is 6.61 Å². The number of carbonyl (C=O) groups excluding carboxylic acids is 1. The summed E-state index contributed by atoms with van der Waals surface area (Å²) in [5.41, 5.74) is 0. The molecule has 0 aliphatic carbocycles. The summed E-state index contributed by atoms with van der Waals surface area (Å²) in [7, 11) is 2.95. The summed E-state index contributed by atoms with van der Waals surface area (Å²) in [6.07, 6.45) is -2.07. The minimum atomic E-state index is -0.762. The van der Waals surface area contributed by atoms with Crippen LogP contribution in [0.15, 0.2) is 0 Å². The maximum Gasteiger partial charge on any atom is 0.303 e. The maximum atomic E-state index is 11.1. The van der Waals surface area contributed by atoms with Crippen LogP contribution in [0.2, 0.25) is 0 Å². The topological polar surface area (TPSA) is 72.5 Å². The molecule has 0 radical (unpaired) electrons. The highest BCUT2D eigenvalue weighted by molar-refractivity contribution is 5.66. The highest BCUT2D eigenvalue weighted by atomic mass is 16.9. The molecule has 1 unspecified atom stereocenters. The van der Waals surface area contributed by atoms with Gasteiger partial charge in [0.25, 0.3) is 6.48 Å². The van der Waals surface area contributed by atoms with Gasteiger partial charge in [0, 0.05) is 21.1 Å². The van der Waals surface area contributed by atoms with Gasteiger partial charge in [-0.2, -0.15) is 0 Å². The van der Waals surface area contributed by atoms with E-state index in [9.17, 15) is 4.79 Å². The van der Waals surface area contributed by atoms with Crippen molar-refractivity contribution in [2.24, 2.45) is 0 Å². The quantitative estimate of drug-likeness (QED) is 0.631. The summed E-state index contributed by atoms with van der Waals surface area (Å²) < 4.78 is 31.5. The van der Waals surface area contributed by atoms with Crippen LogP contribution in [0.25, 0.3) is 0 Å². The summed E-state index contributed by atoms with van der Waals surface area (Å²) in [5, 5.41) is 0. The van der Waals surface area contributed by atoms with E-state index in [1.54, 1.807) is 0 Å². The fraction of sp³-hybridized carbons (Fsp3) is 0.900. The molecule has 2 rings (SSSR count). The molecule has 0 aromatic rings. The molecule has 0 N–H and O–H groups in total. The molecule has 0 aromatic heterocycles. The Kier molecular flexibility index (Phi) is 3.95. The minimum Gasteiger partial charge on any atom is -0.454 e. The molecule has 0 saturated carbocycles. The van der Waals surface area contributed by atoms with Crippen LogP contribution in [0, 0.1) is 0 Å². The Morgan fingerprint density at radius 2 is 2.00 bits per heavy atom. The molecule has 2 aliphatic heterocycles. The van der Waals surface area contributed by atoms with E-state index < -0.39 is 30.9 Å². The average molecular weight is 248 g/mol.